The third-order valence-electron chi connectivity index (χ3n) is 2.50. The van der Waals surface area contributed by atoms with Crippen molar-refractivity contribution >= 4 is 5.91 Å². The zero-order chi connectivity index (χ0) is 14.1. The Bertz CT molecular complexity index is 451. The van der Waals surface area contributed by atoms with Gasteiger partial charge in [0.2, 0.25) is 5.91 Å². The van der Waals surface area contributed by atoms with Gasteiger partial charge in [-0.25, -0.2) is 4.98 Å². The molecule has 0 aliphatic carbocycles. The lowest BCUT2D eigenvalue weighted by atomic mass is 10.2. The van der Waals surface area contributed by atoms with Crippen LogP contribution in [0.2, 0.25) is 0 Å². The van der Waals surface area contributed by atoms with E-state index in [1.54, 1.807) is 12.3 Å². The highest BCUT2D eigenvalue weighted by Crippen LogP contribution is 2.00. The second-order valence-corrected chi connectivity index (χ2v) is 4.79. The number of hydrogen-bond donors (Lipinski definition) is 2. The van der Waals surface area contributed by atoms with E-state index in [1.165, 1.54) is 0 Å². The summed E-state index contributed by atoms with van der Waals surface area (Å²) in [6, 6.07) is 5.60. The Morgan fingerprint density at radius 2 is 2.32 bits per heavy atom. The first-order valence-corrected chi connectivity index (χ1v) is 6.44. The minimum atomic E-state index is 0.0636. The molecule has 0 fully saturated rings. The molecule has 0 aliphatic heterocycles. The molecule has 1 heterocycles. The first kappa shape index (κ1) is 15.1. The number of nitrogens with one attached hydrogen (secondary N) is 2. The predicted molar refractivity (Wildman–Crippen MR) is 73.1 cm³/mol. The maximum absolute atomic E-state index is 11.5. The van der Waals surface area contributed by atoms with Crippen LogP contribution in [0.1, 0.15) is 31.5 Å². The van der Waals surface area contributed by atoms with Crippen LogP contribution in [-0.2, 0) is 11.3 Å². The minimum Gasteiger partial charge on any atom is -0.356 e. The molecule has 0 aromatic carbocycles. The lowest BCUT2D eigenvalue weighted by Gasteiger charge is -2.08. The Hall–Kier alpha value is -1.93. The highest BCUT2D eigenvalue weighted by atomic mass is 16.1. The normalized spacial score (nSPS) is 10.2. The van der Waals surface area contributed by atoms with Gasteiger partial charge >= 0.3 is 0 Å². The molecular formula is C14H20N4O. The second-order valence-electron chi connectivity index (χ2n) is 4.79. The smallest absolute Gasteiger partial charge is 0.221 e. The maximum atomic E-state index is 11.5. The molecule has 5 nitrogen and oxygen atoms in total. The highest BCUT2D eigenvalue weighted by molar-refractivity contribution is 5.76. The second kappa shape index (κ2) is 8.22. The van der Waals surface area contributed by atoms with E-state index >= 15 is 0 Å². The molecule has 1 aromatic rings. The van der Waals surface area contributed by atoms with Crippen LogP contribution in [0.3, 0.4) is 0 Å². The molecule has 0 saturated heterocycles. The first-order valence-electron chi connectivity index (χ1n) is 6.44. The lowest BCUT2D eigenvalue weighted by Crippen LogP contribution is -2.30. The fraction of sp³-hybridized carbons (Fsp3) is 0.500. The predicted octanol–water partition coefficient (Wildman–Crippen LogP) is 1.21. The number of nitrogens with zero attached hydrogens (tertiary/aromatic N) is 2. The zero-order valence-corrected chi connectivity index (χ0v) is 11.4. The summed E-state index contributed by atoms with van der Waals surface area (Å²) in [6.45, 7) is 6.10. The molecule has 0 radical (unpaired) electrons. The Kier molecular flexibility index (Phi) is 6.55. The molecule has 1 rings (SSSR count). The molecule has 19 heavy (non-hydrogen) atoms. The van der Waals surface area contributed by atoms with Crippen molar-refractivity contribution in [3.63, 3.8) is 0 Å². The molecule has 0 bridgehead atoms. The van der Waals surface area contributed by atoms with Gasteiger partial charge in [-0.15, -0.1) is 0 Å². The average Bonchev–Trinajstić information content (AvgIpc) is 2.41. The van der Waals surface area contributed by atoms with Crippen LogP contribution in [-0.4, -0.2) is 24.0 Å². The summed E-state index contributed by atoms with van der Waals surface area (Å²) in [6.07, 6.45) is 2.08. The molecule has 0 saturated carbocycles. The Balaban J connectivity index is 2.20. The number of aromatic nitrogens is 1. The van der Waals surface area contributed by atoms with E-state index in [9.17, 15) is 4.79 Å². The van der Waals surface area contributed by atoms with E-state index in [4.69, 9.17) is 5.26 Å². The number of carbonyl (C=O) groups excluding carboxylic acids is 1. The summed E-state index contributed by atoms with van der Waals surface area (Å²) in [5.74, 6) is 0.534. The van der Waals surface area contributed by atoms with E-state index in [0.29, 0.717) is 37.7 Å². The molecule has 1 aromatic heterocycles. The summed E-state index contributed by atoms with van der Waals surface area (Å²) in [7, 11) is 0. The van der Waals surface area contributed by atoms with Gasteiger partial charge in [-0.2, -0.15) is 5.26 Å². The van der Waals surface area contributed by atoms with Gasteiger partial charge in [0.15, 0.2) is 0 Å². The van der Waals surface area contributed by atoms with Gasteiger partial charge in [-0.3, -0.25) is 4.79 Å². The van der Waals surface area contributed by atoms with Gasteiger partial charge in [-0.05, 0) is 23.6 Å². The lowest BCUT2D eigenvalue weighted by molar-refractivity contribution is -0.121. The largest absolute Gasteiger partial charge is 0.356 e. The monoisotopic (exact) mass is 260 g/mol. The summed E-state index contributed by atoms with van der Waals surface area (Å²) in [5, 5.41) is 14.8. The summed E-state index contributed by atoms with van der Waals surface area (Å²) >= 11 is 0. The minimum absolute atomic E-state index is 0.0636. The zero-order valence-electron chi connectivity index (χ0n) is 11.4. The Morgan fingerprint density at radius 3 is 3.00 bits per heavy atom. The number of nitriles is 1. The van der Waals surface area contributed by atoms with Crippen molar-refractivity contribution in [3.8, 4) is 6.07 Å². The van der Waals surface area contributed by atoms with Gasteiger partial charge in [-0.1, -0.05) is 13.8 Å². The fourth-order valence-corrected chi connectivity index (χ4v) is 1.49. The number of hydrogen-bond acceptors (Lipinski definition) is 4. The first-order chi connectivity index (χ1) is 9.11. The molecule has 102 valence electrons. The van der Waals surface area contributed by atoms with Crippen LogP contribution in [0.25, 0.3) is 0 Å². The molecule has 5 heteroatoms. The topological polar surface area (TPSA) is 77.8 Å². The molecule has 1 amide bonds. The fourth-order valence-electron chi connectivity index (χ4n) is 1.49. The number of pyridine rings is 1. The van der Waals surface area contributed by atoms with E-state index in [0.717, 1.165) is 5.56 Å². The molecule has 2 N–H and O–H groups in total. The van der Waals surface area contributed by atoms with Crippen LogP contribution in [0.5, 0.6) is 0 Å². The SMILES string of the molecule is CC(C)CNC(=O)CCNCc1ccnc(C#N)c1. The van der Waals surface area contributed by atoms with E-state index in [1.807, 2.05) is 12.1 Å². The summed E-state index contributed by atoms with van der Waals surface area (Å²) in [5.41, 5.74) is 1.41. The molecule has 0 unspecified atom stereocenters. The standard InChI is InChI=1S/C14H20N4O/c1-11(2)9-18-14(19)4-5-16-10-12-3-6-17-13(7-12)8-15/h3,6-7,11,16H,4-5,9-10H2,1-2H3,(H,18,19). The van der Waals surface area contributed by atoms with Crippen LogP contribution in [0.15, 0.2) is 18.3 Å². The van der Waals surface area contributed by atoms with Gasteiger partial charge in [0.25, 0.3) is 0 Å². The van der Waals surface area contributed by atoms with Crippen molar-refractivity contribution in [2.45, 2.75) is 26.8 Å². The van der Waals surface area contributed by atoms with E-state index < -0.39 is 0 Å². The quantitative estimate of drug-likeness (QED) is 0.722. The van der Waals surface area contributed by atoms with Gasteiger partial charge < -0.3 is 10.6 Å². The van der Waals surface area contributed by atoms with Crippen LogP contribution in [0, 0.1) is 17.2 Å². The summed E-state index contributed by atoms with van der Waals surface area (Å²) in [4.78, 5) is 15.4. The average molecular weight is 260 g/mol. The van der Waals surface area contributed by atoms with E-state index in [-0.39, 0.29) is 5.91 Å². The van der Waals surface area contributed by atoms with Crippen LogP contribution >= 0.6 is 0 Å². The number of carbonyl (C=O) groups is 1. The molecule has 0 atom stereocenters. The summed E-state index contributed by atoms with van der Waals surface area (Å²) < 4.78 is 0. The third kappa shape index (κ3) is 6.53. The Morgan fingerprint density at radius 1 is 1.53 bits per heavy atom. The van der Waals surface area contributed by atoms with Crippen molar-refractivity contribution in [1.29, 1.82) is 5.26 Å². The van der Waals surface area contributed by atoms with Crippen molar-refractivity contribution in [2.24, 2.45) is 5.92 Å². The van der Waals surface area contributed by atoms with Gasteiger partial charge in [0, 0.05) is 32.3 Å². The third-order valence-corrected chi connectivity index (χ3v) is 2.50. The highest BCUT2D eigenvalue weighted by Gasteiger charge is 2.02. The van der Waals surface area contributed by atoms with Crippen LogP contribution < -0.4 is 10.6 Å². The number of amides is 1. The molecule has 0 spiro atoms. The molecular weight excluding hydrogens is 240 g/mol. The Labute approximate surface area is 114 Å². The maximum Gasteiger partial charge on any atom is 0.221 e. The van der Waals surface area contributed by atoms with Crippen molar-refractivity contribution in [3.05, 3.63) is 29.6 Å². The van der Waals surface area contributed by atoms with E-state index in [2.05, 4.69) is 29.5 Å². The van der Waals surface area contributed by atoms with Gasteiger partial charge in [0.05, 0.1) is 0 Å². The molecule has 0 aliphatic rings. The van der Waals surface area contributed by atoms with Crippen LogP contribution in [0.4, 0.5) is 0 Å². The number of rotatable bonds is 7. The van der Waals surface area contributed by atoms with Crippen molar-refractivity contribution in [1.82, 2.24) is 15.6 Å². The van der Waals surface area contributed by atoms with Crippen molar-refractivity contribution in [2.75, 3.05) is 13.1 Å². The van der Waals surface area contributed by atoms with Gasteiger partial charge in [0.1, 0.15) is 11.8 Å². The van der Waals surface area contributed by atoms with Crippen molar-refractivity contribution < 1.29 is 4.79 Å².